The van der Waals surface area contributed by atoms with Crippen LogP contribution in [0.2, 0.25) is 0 Å². The van der Waals surface area contributed by atoms with Gasteiger partial charge in [0.1, 0.15) is 35.3 Å². The standard InChI is InChI=1S/C29H37N5O8P/c1-24(43(36,41-27-8-4-2-5-9-27)42-28-10-6-3-7-11-28)34(26-14-12-25(30)13-15-26)29(35)40-23-22-39-21-20-38-19-18-37-17-16-32-33-31/h2-15,24,31H,16-23,30H2,1H3/q+1. The Hall–Kier alpha value is -4.25. The SMILES string of the molecule is CC(N(C(=O)OCCOCCOCCOCCN=[N+]=N)c1ccc(N)cc1)P(=O)(Oc1ccccc1)Oc1ccccc1. The van der Waals surface area contributed by atoms with Gasteiger partial charge in [0.25, 0.3) is 0 Å². The lowest BCUT2D eigenvalue weighted by molar-refractivity contribution is 0.00705. The third kappa shape index (κ3) is 11.5. The van der Waals surface area contributed by atoms with Crippen LogP contribution in [0, 0.1) is 5.53 Å². The number of anilines is 2. The summed E-state index contributed by atoms with van der Waals surface area (Å²) in [6.07, 6.45) is -0.771. The third-order valence-electron chi connectivity index (χ3n) is 5.75. The van der Waals surface area contributed by atoms with Crippen LogP contribution in [0.25, 0.3) is 0 Å². The number of amides is 1. The number of nitrogens with one attached hydrogen (secondary N) is 1. The van der Waals surface area contributed by atoms with Crippen LogP contribution in [-0.4, -0.2) is 64.7 Å². The average Bonchev–Trinajstić information content (AvgIpc) is 3.01. The molecule has 1 unspecified atom stereocenters. The topological polar surface area (TPSA) is 169 Å². The first kappa shape index (κ1) is 33.3. The second-order valence-corrected chi connectivity index (χ2v) is 11.1. The minimum absolute atomic E-state index is 0.0614. The maximum Gasteiger partial charge on any atom is 0.453 e. The van der Waals surface area contributed by atoms with Crippen molar-refractivity contribution in [3.63, 3.8) is 0 Å². The summed E-state index contributed by atoms with van der Waals surface area (Å²) in [6.45, 7) is 3.70. The van der Waals surface area contributed by atoms with Gasteiger partial charge in [0.2, 0.25) is 4.91 Å². The Labute approximate surface area is 250 Å². The van der Waals surface area contributed by atoms with Gasteiger partial charge in [0.15, 0.2) is 5.78 Å². The molecule has 14 heteroatoms. The van der Waals surface area contributed by atoms with E-state index in [0.717, 1.165) is 0 Å². The highest BCUT2D eigenvalue weighted by Gasteiger charge is 2.43. The lowest BCUT2D eigenvalue weighted by Crippen LogP contribution is -2.41. The zero-order valence-electron chi connectivity index (χ0n) is 23.9. The van der Waals surface area contributed by atoms with E-state index in [9.17, 15) is 9.36 Å². The summed E-state index contributed by atoms with van der Waals surface area (Å²) in [5, 5.41) is 3.48. The first-order chi connectivity index (χ1) is 20.9. The number of carbonyl (C=O) groups is 1. The van der Waals surface area contributed by atoms with Gasteiger partial charge in [-0.15, -0.1) is 0 Å². The Morgan fingerprint density at radius 1 is 0.814 bits per heavy atom. The molecule has 3 aromatic carbocycles. The van der Waals surface area contributed by atoms with Crippen LogP contribution in [0.1, 0.15) is 6.92 Å². The predicted molar refractivity (Wildman–Crippen MR) is 160 cm³/mol. The van der Waals surface area contributed by atoms with E-state index < -0.39 is 19.5 Å². The molecule has 0 aliphatic heterocycles. The average molecular weight is 615 g/mol. The molecule has 0 saturated heterocycles. The maximum atomic E-state index is 14.4. The van der Waals surface area contributed by atoms with Gasteiger partial charge < -0.3 is 33.7 Å². The van der Waals surface area contributed by atoms with Crippen molar-refractivity contribution in [1.29, 1.82) is 5.53 Å². The van der Waals surface area contributed by atoms with Gasteiger partial charge in [-0.3, -0.25) is 4.90 Å². The van der Waals surface area contributed by atoms with Crippen molar-refractivity contribution in [3.8, 4) is 11.5 Å². The molecule has 13 nitrogen and oxygen atoms in total. The summed E-state index contributed by atoms with van der Waals surface area (Å²) < 4.78 is 48.1. The molecular weight excluding hydrogens is 577 g/mol. The number of para-hydroxylation sites is 2. The van der Waals surface area contributed by atoms with Crippen molar-refractivity contribution in [1.82, 2.24) is 4.91 Å². The predicted octanol–water partition coefficient (Wildman–Crippen LogP) is 5.51. The monoisotopic (exact) mass is 614 g/mol. The molecule has 1 atom stereocenters. The number of hydrogen-bond acceptors (Lipinski definition) is 11. The number of nitrogens with two attached hydrogens (primary N) is 1. The highest BCUT2D eigenvalue weighted by atomic mass is 31.2. The molecule has 43 heavy (non-hydrogen) atoms. The Balaban J connectivity index is 1.62. The Morgan fingerprint density at radius 2 is 1.30 bits per heavy atom. The molecule has 0 aliphatic carbocycles. The maximum absolute atomic E-state index is 14.4. The number of hydrogen-bond donors (Lipinski definition) is 2. The number of nitrogens with zero attached hydrogens (tertiary/aromatic N) is 3. The Morgan fingerprint density at radius 3 is 1.81 bits per heavy atom. The number of ether oxygens (including phenoxy) is 4. The Bertz CT molecular complexity index is 1280. The minimum atomic E-state index is -4.10. The summed E-state index contributed by atoms with van der Waals surface area (Å²) >= 11 is 0. The fourth-order valence-corrected chi connectivity index (χ4v) is 5.32. The van der Waals surface area contributed by atoms with Crippen molar-refractivity contribution < 1.29 is 37.4 Å². The van der Waals surface area contributed by atoms with E-state index >= 15 is 0 Å². The van der Waals surface area contributed by atoms with Crippen LogP contribution in [0.15, 0.2) is 90.0 Å². The zero-order valence-corrected chi connectivity index (χ0v) is 24.8. The molecule has 0 spiro atoms. The van der Waals surface area contributed by atoms with E-state index in [1.165, 1.54) is 4.90 Å². The quantitative estimate of drug-likeness (QED) is 0.0581. The summed E-state index contributed by atoms with van der Waals surface area (Å²) in [7, 11) is -4.10. The lowest BCUT2D eigenvalue weighted by Gasteiger charge is -2.33. The minimum Gasteiger partial charge on any atom is -0.447 e. The Kier molecular flexibility index (Phi) is 14.2. The van der Waals surface area contributed by atoms with Crippen LogP contribution in [0.3, 0.4) is 0 Å². The van der Waals surface area contributed by atoms with Gasteiger partial charge in [0.05, 0.1) is 39.6 Å². The smallest absolute Gasteiger partial charge is 0.447 e. The van der Waals surface area contributed by atoms with E-state index in [-0.39, 0.29) is 19.8 Å². The second-order valence-electron chi connectivity index (χ2n) is 8.86. The van der Waals surface area contributed by atoms with Crippen molar-refractivity contribution >= 4 is 25.1 Å². The van der Waals surface area contributed by atoms with Gasteiger partial charge >= 0.3 is 13.7 Å². The highest BCUT2D eigenvalue weighted by Crippen LogP contribution is 2.54. The molecule has 3 rings (SSSR count). The van der Waals surface area contributed by atoms with Gasteiger partial charge in [-0.1, -0.05) is 36.4 Å². The van der Waals surface area contributed by atoms with Crippen molar-refractivity contribution in [2.75, 3.05) is 63.4 Å². The molecule has 0 saturated carbocycles. The molecule has 0 aromatic heterocycles. The molecule has 1 amide bonds. The summed E-state index contributed by atoms with van der Waals surface area (Å²) in [6, 6.07) is 23.7. The summed E-state index contributed by atoms with van der Waals surface area (Å²) in [5.74, 6) is -0.482. The molecule has 0 radical (unpaired) electrons. The first-order valence-corrected chi connectivity index (χ1v) is 15.2. The number of carbonyl (C=O) groups excluding carboxylic acids is 1. The molecule has 0 fully saturated rings. The fourth-order valence-electron chi connectivity index (χ4n) is 3.63. The van der Waals surface area contributed by atoms with E-state index in [4.69, 9.17) is 39.3 Å². The van der Waals surface area contributed by atoms with Crippen LogP contribution < -0.4 is 24.6 Å². The molecule has 0 aliphatic rings. The fraction of sp³-hybridized carbons (Fsp3) is 0.345. The van der Waals surface area contributed by atoms with Gasteiger partial charge in [-0.2, -0.15) is 0 Å². The summed E-state index contributed by atoms with van der Waals surface area (Å²) in [4.78, 5) is 17.6. The molecule has 0 heterocycles. The largest absolute Gasteiger partial charge is 0.453 e. The van der Waals surface area contributed by atoms with E-state index in [1.54, 1.807) is 91.9 Å². The molecule has 230 valence electrons. The number of nitrogen functional groups attached to an aromatic ring is 1. The van der Waals surface area contributed by atoms with Crippen LogP contribution in [0.5, 0.6) is 11.5 Å². The highest BCUT2D eigenvalue weighted by molar-refractivity contribution is 7.55. The van der Waals surface area contributed by atoms with Gasteiger partial charge in [0, 0.05) is 11.4 Å². The normalized spacial score (nSPS) is 11.7. The van der Waals surface area contributed by atoms with Gasteiger partial charge in [-0.25, -0.2) is 9.36 Å². The van der Waals surface area contributed by atoms with Crippen LogP contribution >= 0.6 is 7.60 Å². The number of rotatable bonds is 19. The zero-order chi connectivity index (χ0) is 30.8. The van der Waals surface area contributed by atoms with E-state index in [2.05, 4.69) is 10.0 Å². The molecule has 3 aromatic rings. The van der Waals surface area contributed by atoms with E-state index in [1.807, 2.05) is 0 Å². The van der Waals surface area contributed by atoms with Crippen molar-refractivity contribution in [2.24, 2.45) is 5.11 Å². The summed E-state index contributed by atoms with van der Waals surface area (Å²) in [5.41, 5.74) is 13.3. The lowest BCUT2D eigenvalue weighted by atomic mass is 10.2. The molecule has 3 N–H and O–H groups in total. The van der Waals surface area contributed by atoms with Crippen molar-refractivity contribution in [2.45, 2.75) is 12.7 Å². The first-order valence-electron chi connectivity index (χ1n) is 13.6. The molecular formula is C29H37N5O8P+. The van der Waals surface area contributed by atoms with E-state index in [0.29, 0.717) is 55.8 Å². The second kappa shape index (κ2) is 18.3. The molecule has 0 bridgehead atoms. The number of benzene rings is 3. The van der Waals surface area contributed by atoms with Gasteiger partial charge in [-0.05, 0) is 55.5 Å². The third-order valence-corrected chi connectivity index (χ3v) is 7.83. The van der Waals surface area contributed by atoms with Crippen molar-refractivity contribution in [3.05, 3.63) is 84.9 Å². The van der Waals surface area contributed by atoms with Crippen LogP contribution in [0.4, 0.5) is 16.2 Å². The van der Waals surface area contributed by atoms with Crippen LogP contribution in [-0.2, 0) is 23.5 Å².